The molecule has 0 aromatic heterocycles. The highest BCUT2D eigenvalue weighted by Gasteiger charge is 2.22. The van der Waals surface area contributed by atoms with Crippen LogP contribution >= 0.6 is 0 Å². The highest BCUT2D eigenvalue weighted by molar-refractivity contribution is 5.94. The number of hydrogen-bond acceptors (Lipinski definition) is 3. The Balaban J connectivity index is 2.07. The van der Waals surface area contributed by atoms with Gasteiger partial charge in [0, 0.05) is 30.8 Å². The highest BCUT2D eigenvalue weighted by Crippen LogP contribution is 2.22. The average Bonchev–Trinajstić information content (AvgIpc) is 2.75. The third-order valence-corrected chi connectivity index (χ3v) is 4.02. The molecule has 0 heterocycles. The van der Waals surface area contributed by atoms with Crippen LogP contribution in [0, 0.1) is 10.1 Å². The minimum absolute atomic E-state index is 0.0127. The third kappa shape index (κ3) is 3.35. The van der Waals surface area contributed by atoms with E-state index in [-0.39, 0.29) is 11.6 Å². The molecule has 20 heavy (non-hydrogen) atoms. The second kappa shape index (κ2) is 6.50. The van der Waals surface area contributed by atoms with Gasteiger partial charge in [0.25, 0.3) is 11.6 Å². The lowest BCUT2D eigenvalue weighted by atomic mass is 10.1. The molecule has 1 aromatic rings. The molecule has 2 rings (SSSR count). The van der Waals surface area contributed by atoms with Gasteiger partial charge in [0.2, 0.25) is 0 Å². The minimum atomic E-state index is -0.455. The van der Waals surface area contributed by atoms with Gasteiger partial charge < -0.3 is 4.90 Å². The molecule has 0 spiro atoms. The summed E-state index contributed by atoms with van der Waals surface area (Å²) in [6.45, 7) is 0. The van der Waals surface area contributed by atoms with Crippen molar-refractivity contribution in [2.24, 2.45) is 0 Å². The largest absolute Gasteiger partial charge is 0.339 e. The Bertz CT molecular complexity index is 476. The van der Waals surface area contributed by atoms with Gasteiger partial charge in [0.15, 0.2) is 0 Å². The first-order valence-corrected chi connectivity index (χ1v) is 7.11. The summed E-state index contributed by atoms with van der Waals surface area (Å²) in [5.41, 5.74) is 0.529. The number of carbonyl (C=O) groups excluding carboxylic acids is 1. The molecule has 5 heteroatoms. The van der Waals surface area contributed by atoms with Gasteiger partial charge in [-0.3, -0.25) is 14.9 Å². The lowest BCUT2D eigenvalue weighted by molar-refractivity contribution is -0.384. The lowest BCUT2D eigenvalue weighted by Gasteiger charge is -2.27. The highest BCUT2D eigenvalue weighted by atomic mass is 16.6. The van der Waals surface area contributed by atoms with Crippen LogP contribution in [0.4, 0.5) is 5.69 Å². The number of hydrogen-bond donors (Lipinski definition) is 0. The van der Waals surface area contributed by atoms with Crippen LogP contribution in [0.5, 0.6) is 0 Å². The Morgan fingerprint density at radius 1 is 1.15 bits per heavy atom. The molecule has 0 N–H and O–H groups in total. The van der Waals surface area contributed by atoms with Gasteiger partial charge in [-0.1, -0.05) is 25.7 Å². The predicted molar refractivity (Wildman–Crippen MR) is 76.7 cm³/mol. The van der Waals surface area contributed by atoms with Crippen molar-refractivity contribution in [3.63, 3.8) is 0 Å². The van der Waals surface area contributed by atoms with E-state index in [1.807, 2.05) is 7.05 Å². The van der Waals surface area contributed by atoms with E-state index in [0.29, 0.717) is 11.6 Å². The van der Waals surface area contributed by atoms with Gasteiger partial charge in [-0.2, -0.15) is 0 Å². The van der Waals surface area contributed by atoms with Crippen molar-refractivity contribution in [2.75, 3.05) is 7.05 Å². The minimum Gasteiger partial charge on any atom is -0.339 e. The number of nitrogens with zero attached hydrogens (tertiary/aromatic N) is 2. The van der Waals surface area contributed by atoms with Crippen molar-refractivity contribution < 1.29 is 9.72 Å². The van der Waals surface area contributed by atoms with Crippen LogP contribution in [-0.2, 0) is 0 Å². The van der Waals surface area contributed by atoms with E-state index in [1.165, 1.54) is 49.9 Å². The standard InChI is InChI=1S/C15H20N2O3/c1-16(13-6-4-2-3-5-7-13)15(18)12-8-10-14(11-9-12)17(19)20/h8-11,13H,2-7H2,1H3. The molecular formula is C15H20N2O3. The van der Waals surface area contributed by atoms with Gasteiger partial charge in [-0.15, -0.1) is 0 Å². The number of rotatable bonds is 3. The van der Waals surface area contributed by atoms with Crippen LogP contribution in [-0.4, -0.2) is 28.8 Å². The molecule has 0 unspecified atom stereocenters. The van der Waals surface area contributed by atoms with Crippen molar-refractivity contribution in [1.82, 2.24) is 4.90 Å². The SMILES string of the molecule is CN(C(=O)c1ccc([N+](=O)[O-])cc1)C1CCCCCC1. The lowest BCUT2D eigenvalue weighted by Crippen LogP contribution is -2.36. The summed E-state index contributed by atoms with van der Waals surface area (Å²) < 4.78 is 0. The van der Waals surface area contributed by atoms with Crippen LogP contribution in [0.1, 0.15) is 48.9 Å². The van der Waals surface area contributed by atoms with Crippen molar-refractivity contribution in [3.05, 3.63) is 39.9 Å². The van der Waals surface area contributed by atoms with E-state index in [1.54, 1.807) is 4.90 Å². The fourth-order valence-corrected chi connectivity index (χ4v) is 2.74. The van der Waals surface area contributed by atoms with Crippen molar-refractivity contribution in [1.29, 1.82) is 0 Å². The summed E-state index contributed by atoms with van der Waals surface area (Å²) in [5, 5.41) is 10.6. The van der Waals surface area contributed by atoms with Gasteiger partial charge in [-0.05, 0) is 25.0 Å². The normalized spacial score (nSPS) is 16.4. The van der Waals surface area contributed by atoms with Crippen molar-refractivity contribution >= 4 is 11.6 Å². The van der Waals surface area contributed by atoms with Gasteiger partial charge in [0.05, 0.1) is 4.92 Å². The van der Waals surface area contributed by atoms with Gasteiger partial charge in [0.1, 0.15) is 0 Å². The third-order valence-electron chi connectivity index (χ3n) is 4.02. The molecule has 1 aliphatic rings. The van der Waals surface area contributed by atoms with Crippen LogP contribution < -0.4 is 0 Å². The molecule has 1 aliphatic carbocycles. The second-order valence-electron chi connectivity index (χ2n) is 5.37. The Morgan fingerprint density at radius 2 is 1.70 bits per heavy atom. The molecule has 0 saturated heterocycles. The molecule has 5 nitrogen and oxygen atoms in total. The Labute approximate surface area is 118 Å². The maximum atomic E-state index is 12.4. The first-order chi connectivity index (χ1) is 9.59. The summed E-state index contributed by atoms with van der Waals surface area (Å²) >= 11 is 0. The predicted octanol–water partition coefficient (Wildman–Crippen LogP) is 3.39. The summed E-state index contributed by atoms with van der Waals surface area (Å²) in [6, 6.07) is 6.13. The smallest absolute Gasteiger partial charge is 0.269 e. The van der Waals surface area contributed by atoms with Crippen LogP contribution in [0.25, 0.3) is 0 Å². The molecule has 0 aliphatic heterocycles. The van der Waals surface area contributed by atoms with Crippen molar-refractivity contribution in [2.45, 2.75) is 44.6 Å². The molecule has 1 saturated carbocycles. The topological polar surface area (TPSA) is 63.5 Å². The maximum Gasteiger partial charge on any atom is 0.269 e. The number of non-ortho nitro benzene ring substituents is 1. The fourth-order valence-electron chi connectivity index (χ4n) is 2.74. The van der Waals surface area contributed by atoms with E-state index in [4.69, 9.17) is 0 Å². The summed E-state index contributed by atoms with van der Waals surface area (Å²) in [5.74, 6) is -0.0493. The van der Waals surface area contributed by atoms with Crippen LogP contribution in [0.3, 0.4) is 0 Å². The quantitative estimate of drug-likeness (QED) is 0.483. The van der Waals surface area contributed by atoms with E-state index in [9.17, 15) is 14.9 Å². The van der Waals surface area contributed by atoms with Crippen LogP contribution in [0.15, 0.2) is 24.3 Å². The summed E-state index contributed by atoms with van der Waals surface area (Å²) in [7, 11) is 1.83. The van der Waals surface area contributed by atoms with E-state index >= 15 is 0 Å². The molecule has 108 valence electrons. The number of benzene rings is 1. The fraction of sp³-hybridized carbons (Fsp3) is 0.533. The number of carbonyl (C=O) groups is 1. The van der Waals surface area contributed by atoms with E-state index in [2.05, 4.69) is 0 Å². The summed E-state index contributed by atoms with van der Waals surface area (Å²) in [6.07, 6.45) is 6.93. The first kappa shape index (κ1) is 14.5. The van der Waals surface area contributed by atoms with Crippen LogP contribution in [0.2, 0.25) is 0 Å². The molecular weight excluding hydrogens is 256 g/mol. The van der Waals surface area contributed by atoms with Gasteiger partial charge in [-0.25, -0.2) is 0 Å². The number of amides is 1. The zero-order valence-electron chi connectivity index (χ0n) is 11.7. The van der Waals surface area contributed by atoms with E-state index in [0.717, 1.165) is 12.8 Å². The molecule has 0 radical (unpaired) electrons. The second-order valence-corrected chi connectivity index (χ2v) is 5.37. The zero-order valence-corrected chi connectivity index (χ0v) is 11.7. The van der Waals surface area contributed by atoms with Crippen molar-refractivity contribution in [3.8, 4) is 0 Å². The van der Waals surface area contributed by atoms with E-state index < -0.39 is 4.92 Å². The Kier molecular flexibility index (Phi) is 4.71. The average molecular weight is 276 g/mol. The maximum absolute atomic E-state index is 12.4. The molecule has 0 bridgehead atoms. The summed E-state index contributed by atoms with van der Waals surface area (Å²) in [4.78, 5) is 24.3. The number of nitro benzene ring substituents is 1. The Hall–Kier alpha value is -1.91. The monoisotopic (exact) mass is 276 g/mol. The van der Waals surface area contributed by atoms with Gasteiger partial charge >= 0.3 is 0 Å². The zero-order chi connectivity index (χ0) is 14.5. The molecule has 0 atom stereocenters. The first-order valence-electron chi connectivity index (χ1n) is 7.11. The number of nitro groups is 1. The molecule has 1 aromatic carbocycles. The Morgan fingerprint density at radius 3 is 2.20 bits per heavy atom. The molecule has 1 amide bonds. The molecule has 1 fully saturated rings.